The second kappa shape index (κ2) is 8.32. The van der Waals surface area contributed by atoms with E-state index in [1.165, 1.54) is 25.7 Å². The number of carbonyl (C=O) groups excluding carboxylic acids is 1. The van der Waals surface area contributed by atoms with Crippen molar-refractivity contribution in [2.45, 2.75) is 39.0 Å². The molecule has 2 N–H and O–H groups in total. The number of fused-ring (bicyclic) bond motifs is 1. The number of guanidine groups is 1. The fourth-order valence-electron chi connectivity index (χ4n) is 3.95. The number of anilines is 1. The lowest BCUT2D eigenvalue weighted by Crippen LogP contribution is -2.41. The summed E-state index contributed by atoms with van der Waals surface area (Å²) in [7, 11) is 1.82. The molecule has 2 aliphatic rings. The molecule has 0 spiro atoms. The Labute approximate surface area is 150 Å². The Hall–Kier alpha value is -2.11. The van der Waals surface area contributed by atoms with Gasteiger partial charge >= 0.3 is 0 Å². The number of aryl methyl sites for hydroxylation is 1. The van der Waals surface area contributed by atoms with Crippen molar-refractivity contribution in [2.24, 2.45) is 16.8 Å². The Morgan fingerprint density at radius 3 is 2.60 bits per heavy atom. The van der Waals surface area contributed by atoms with Crippen LogP contribution in [0.4, 0.5) is 5.82 Å². The van der Waals surface area contributed by atoms with Crippen LogP contribution in [0.3, 0.4) is 0 Å². The third-order valence-corrected chi connectivity index (χ3v) is 5.30. The zero-order chi connectivity index (χ0) is 17.6. The first kappa shape index (κ1) is 17.7. The van der Waals surface area contributed by atoms with Gasteiger partial charge in [0.25, 0.3) is 0 Å². The Balaban J connectivity index is 1.42. The van der Waals surface area contributed by atoms with Gasteiger partial charge in [0.05, 0.1) is 0 Å². The fraction of sp³-hybridized carbons (Fsp3) is 0.632. The zero-order valence-corrected chi connectivity index (χ0v) is 15.3. The normalized spacial score (nSPS) is 23.3. The minimum atomic E-state index is -0.0330. The van der Waals surface area contributed by atoms with Gasteiger partial charge in [-0.05, 0) is 43.2 Å². The van der Waals surface area contributed by atoms with E-state index in [-0.39, 0.29) is 5.91 Å². The Bertz CT molecular complexity index is 599. The number of nitrogens with zero attached hydrogens (tertiary/aromatic N) is 3. The second-order valence-electron chi connectivity index (χ2n) is 7.20. The van der Waals surface area contributed by atoms with E-state index in [0.717, 1.165) is 36.4 Å². The van der Waals surface area contributed by atoms with Crippen LogP contribution in [0.5, 0.6) is 0 Å². The number of hydrogen-bond acceptors (Lipinski definition) is 3. The van der Waals surface area contributed by atoms with Gasteiger partial charge in [0.2, 0.25) is 5.91 Å². The summed E-state index contributed by atoms with van der Waals surface area (Å²) in [5, 5.41) is 6.17. The molecule has 1 aromatic heterocycles. The van der Waals surface area contributed by atoms with Gasteiger partial charge in [-0.3, -0.25) is 9.79 Å². The predicted molar refractivity (Wildman–Crippen MR) is 101 cm³/mol. The predicted octanol–water partition coefficient (Wildman–Crippen LogP) is 2.42. The molecule has 1 saturated carbocycles. The summed E-state index contributed by atoms with van der Waals surface area (Å²) in [4.78, 5) is 23.0. The zero-order valence-electron chi connectivity index (χ0n) is 15.3. The number of pyridine rings is 1. The number of rotatable bonds is 4. The van der Waals surface area contributed by atoms with E-state index < -0.39 is 0 Å². The van der Waals surface area contributed by atoms with Gasteiger partial charge in [-0.15, -0.1) is 0 Å². The van der Waals surface area contributed by atoms with Crippen molar-refractivity contribution in [2.75, 3.05) is 32.0 Å². The van der Waals surface area contributed by atoms with Gasteiger partial charge in [0.1, 0.15) is 5.82 Å². The first-order valence-electron chi connectivity index (χ1n) is 9.34. The lowest BCUT2D eigenvalue weighted by molar-refractivity contribution is -0.116. The van der Waals surface area contributed by atoms with Crippen LogP contribution in [0.25, 0.3) is 0 Å². The summed E-state index contributed by atoms with van der Waals surface area (Å²) < 4.78 is 0. The highest BCUT2D eigenvalue weighted by Gasteiger charge is 2.35. The van der Waals surface area contributed by atoms with Gasteiger partial charge in [0.15, 0.2) is 5.96 Å². The number of amides is 1. The number of hydrogen-bond donors (Lipinski definition) is 2. The van der Waals surface area contributed by atoms with E-state index in [0.29, 0.717) is 18.8 Å². The number of aromatic nitrogens is 1. The van der Waals surface area contributed by atoms with Crippen LogP contribution in [0.2, 0.25) is 0 Å². The molecule has 0 radical (unpaired) electrons. The van der Waals surface area contributed by atoms with E-state index in [1.807, 2.05) is 26.1 Å². The van der Waals surface area contributed by atoms with Crippen LogP contribution >= 0.6 is 0 Å². The van der Waals surface area contributed by atoms with Crippen molar-refractivity contribution in [1.29, 1.82) is 0 Å². The van der Waals surface area contributed by atoms with Crippen molar-refractivity contribution in [3.8, 4) is 0 Å². The van der Waals surface area contributed by atoms with Gasteiger partial charge in [-0.1, -0.05) is 18.9 Å². The molecule has 2 heterocycles. The lowest BCUT2D eigenvalue weighted by Gasteiger charge is -2.22. The van der Waals surface area contributed by atoms with Gasteiger partial charge in [-0.2, -0.15) is 0 Å². The van der Waals surface area contributed by atoms with Gasteiger partial charge in [0, 0.05) is 39.3 Å². The molecule has 25 heavy (non-hydrogen) atoms. The van der Waals surface area contributed by atoms with E-state index in [2.05, 4.69) is 25.5 Å². The molecule has 2 atom stereocenters. The topological polar surface area (TPSA) is 69.6 Å². The van der Waals surface area contributed by atoms with Crippen LogP contribution in [0.1, 0.15) is 37.7 Å². The summed E-state index contributed by atoms with van der Waals surface area (Å²) in [6.07, 6.45) is 7.59. The molecule has 6 heteroatoms. The average Bonchev–Trinajstić information content (AvgIpc) is 3.04. The van der Waals surface area contributed by atoms with Crippen LogP contribution in [-0.2, 0) is 4.79 Å². The summed E-state index contributed by atoms with van der Waals surface area (Å²) >= 11 is 0. The van der Waals surface area contributed by atoms with Crippen LogP contribution in [-0.4, -0.2) is 48.4 Å². The molecular weight excluding hydrogens is 314 g/mol. The second-order valence-corrected chi connectivity index (χ2v) is 7.20. The third-order valence-electron chi connectivity index (χ3n) is 5.30. The van der Waals surface area contributed by atoms with E-state index in [9.17, 15) is 4.79 Å². The van der Waals surface area contributed by atoms with Crippen molar-refractivity contribution in [3.05, 3.63) is 23.9 Å². The summed E-state index contributed by atoms with van der Waals surface area (Å²) in [6, 6.07) is 3.76. The molecule has 1 saturated heterocycles. The van der Waals surface area contributed by atoms with Crippen LogP contribution in [0, 0.1) is 18.8 Å². The van der Waals surface area contributed by atoms with Crippen LogP contribution in [0.15, 0.2) is 23.3 Å². The van der Waals surface area contributed by atoms with Crippen molar-refractivity contribution in [1.82, 2.24) is 15.2 Å². The van der Waals surface area contributed by atoms with Crippen molar-refractivity contribution < 1.29 is 4.79 Å². The molecular formula is C19H29N5O. The minimum absolute atomic E-state index is 0.0330. The standard InChI is InChI=1S/C19H29N5O/c1-14-7-8-17(22-11-14)23-18(25)9-10-21-19(20-2)24-12-15-5-3-4-6-16(15)13-24/h7-8,11,15-16H,3-6,9-10,12-13H2,1-2H3,(H,20,21)(H,22,23,25). The highest BCUT2D eigenvalue weighted by molar-refractivity contribution is 5.90. The SMILES string of the molecule is CN=C(NCCC(=O)Nc1ccc(C)cn1)N1CC2CCCCC2C1. The minimum Gasteiger partial charge on any atom is -0.356 e. The van der Waals surface area contributed by atoms with E-state index in [4.69, 9.17) is 0 Å². The Kier molecular flexibility index (Phi) is 5.89. The molecule has 0 aromatic carbocycles. The average molecular weight is 343 g/mol. The highest BCUT2D eigenvalue weighted by atomic mass is 16.1. The van der Waals surface area contributed by atoms with Crippen molar-refractivity contribution in [3.63, 3.8) is 0 Å². The largest absolute Gasteiger partial charge is 0.356 e. The first-order chi connectivity index (χ1) is 12.2. The molecule has 3 rings (SSSR count). The summed E-state index contributed by atoms with van der Waals surface area (Å²) in [6.45, 7) is 4.76. The number of nitrogens with one attached hydrogen (secondary N) is 2. The van der Waals surface area contributed by atoms with Crippen LogP contribution < -0.4 is 10.6 Å². The van der Waals surface area contributed by atoms with Crippen molar-refractivity contribution >= 4 is 17.7 Å². The summed E-state index contributed by atoms with van der Waals surface area (Å²) in [5.41, 5.74) is 1.08. The molecule has 6 nitrogen and oxygen atoms in total. The van der Waals surface area contributed by atoms with E-state index in [1.54, 1.807) is 6.20 Å². The molecule has 2 fully saturated rings. The third kappa shape index (κ3) is 4.71. The smallest absolute Gasteiger partial charge is 0.227 e. The highest BCUT2D eigenvalue weighted by Crippen LogP contribution is 2.35. The fourth-order valence-corrected chi connectivity index (χ4v) is 3.95. The number of aliphatic imine (C=N–C) groups is 1. The molecule has 1 aromatic rings. The molecule has 2 unspecified atom stereocenters. The molecule has 1 aliphatic carbocycles. The Morgan fingerprint density at radius 2 is 2.00 bits per heavy atom. The quantitative estimate of drug-likeness (QED) is 0.651. The number of carbonyl (C=O) groups is 1. The maximum absolute atomic E-state index is 12.0. The monoisotopic (exact) mass is 343 g/mol. The summed E-state index contributed by atoms with van der Waals surface area (Å²) in [5.74, 6) is 3.14. The molecule has 136 valence electrons. The van der Waals surface area contributed by atoms with Gasteiger partial charge < -0.3 is 15.5 Å². The van der Waals surface area contributed by atoms with Gasteiger partial charge in [-0.25, -0.2) is 4.98 Å². The van der Waals surface area contributed by atoms with E-state index >= 15 is 0 Å². The molecule has 1 aliphatic heterocycles. The maximum Gasteiger partial charge on any atom is 0.227 e. The molecule has 1 amide bonds. The molecule has 0 bridgehead atoms. The number of likely N-dealkylation sites (tertiary alicyclic amines) is 1. The maximum atomic E-state index is 12.0. The Morgan fingerprint density at radius 1 is 1.28 bits per heavy atom. The first-order valence-corrected chi connectivity index (χ1v) is 9.34. The lowest BCUT2D eigenvalue weighted by atomic mass is 9.82.